The van der Waals surface area contributed by atoms with Crippen molar-refractivity contribution >= 4 is 6.09 Å². The van der Waals surface area contributed by atoms with Crippen molar-refractivity contribution in [2.24, 2.45) is 5.92 Å². The van der Waals surface area contributed by atoms with E-state index in [9.17, 15) is 4.79 Å². The highest BCUT2D eigenvalue weighted by Gasteiger charge is 2.22. The zero-order valence-electron chi connectivity index (χ0n) is 14.7. The summed E-state index contributed by atoms with van der Waals surface area (Å²) in [6, 6.07) is 11.0. The van der Waals surface area contributed by atoms with Gasteiger partial charge in [-0.15, -0.1) is 0 Å². The van der Waals surface area contributed by atoms with E-state index in [1.807, 2.05) is 13.8 Å². The second-order valence-corrected chi connectivity index (χ2v) is 6.61. The van der Waals surface area contributed by atoms with Gasteiger partial charge in [-0.3, -0.25) is 0 Å². The molecule has 0 bridgehead atoms. The number of carbonyl (C=O) groups is 1. The molecule has 1 fully saturated rings. The molecule has 2 atom stereocenters. The molecule has 22 heavy (non-hydrogen) atoms. The largest absolute Gasteiger partial charge is 0.447 e. The Hall–Kier alpha value is -1.51. The summed E-state index contributed by atoms with van der Waals surface area (Å²) in [6.07, 6.45) is 5.35. The summed E-state index contributed by atoms with van der Waals surface area (Å²) in [5.41, 5.74) is 1.55. The molecule has 0 N–H and O–H groups in total. The van der Waals surface area contributed by atoms with Crippen LogP contribution in [0.4, 0.5) is 4.79 Å². The van der Waals surface area contributed by atoms with Crippen LogP contribution in [0.5, 0.6) is 0 Å². The number of amides is 1. The molecular formula is C19H31NO2. The molecule has 1 saturated carbocycles. The fraction of sp³-hybridized carbons (Fsp3) is 0.632. The van der Waals surface area contributed by atoms with Gasteiger partial charge in [0.25, 0.3) is 0 Å². The standard InChI is InChI=1S/C13H18.C6H13NO2/c1-11-7-5-6-10-13(11)12-8-3-2-4-9-12;1-5(2)9-6(8)7(3)4/h2-4,8-9,11,13H,5-7,10H2,1H3;5H,1-4H3. The molecular weight excluding hydrogens is 274 g/mol. The third kappa shape index (κ3) is 6.50. The number of hydrogen-bond acceptors (Lipinski definition) is 2. The molecule has 1 aromatic rings. The molecule has 3 nitrogen and oxygen atoms in total. The van der Waals surface area contributed by atoms with E-state index >= 15 is 0 Å². The molecule has 0 saturated heterocycles. The highest BCUT2D eigenvalue weighted by Crippen LogP contribution is 2.36. The minimum Gasteiger partial charge on any atom is -0.447 e. The second kappa shape index (κ2) is 9.50. The summed E-state index contributed by atoms with van der Waals surface area (Å²) < 4.78 is 4.80. The lowest BCUT2D eigenvalue weighted by Crippen LogP contribution is -2.25. The Balaban J connectivity index is 0.000000239. The lowest BCUT2D eigenvalue weighted by molar-refractivity contribution is 0.0904. The molecule has 0 radical (unpaired) electrons. The summed E-state index contributed by atoms with van der Waals surface area (Å²) in [5, 5.41) is 0. The summed E-state index contributed by atoms with van der Waals surface area (Å²) >= 11 is 0. The smallest absolute Gasteiger partial charge is 0.409 e. The average molecular weight is 305 g/mol. The topological polar surface area (TPSA) is 29.5 Å². The normalized spacial score (nSPS) is 20.8. The van der Waals surface area contributed by atoms with Crippen LogP contribution in [0, 0.1) is 5.92 Å². The number of rotatable bonds is 2. The Morgan fingerprint density at radius 3 is 2.18 bits per heavy atom. The molecule has 1 aromatic carbocycles. The van der Waals surface area contributed by atoms with Crippen molar-refractivity contribution in [3.8, 4) is 0 Å². The SMILES string of the molecule is CC(C)OC(=O)N(C)C.CC1CCCCC1c1ccccc1. The molecule has 1 aliphatic rings. The third-order valence-corrected chi connectivity index (χ3v) is 4.04. The van der Waals surface area contributed by atoms with Crippen LogP contribution in [0.3, 0.4) is 0 Å². The first-order valence-corrected chi connectivity index (χ1v) is 8.34. The maximum atomic E-state index is 10.7. The zero-order valence-corrected chi connectivity index (χ0v) is 14.7. The summed E-state index contributed by atoms with van der Waals surface area (Å²) in [5.74, 6) is 1.71. The van der Waals surface area contributed by atoms with Crippen LogP contribution >= 0.6 is 0 Å². The highest BCUT2D eigenvalue weighted by atomic mass is 16.6. The van der Waals surface area contributed by atoms with E-state index in [1.165, 1.54) is 30.6 Å². The average Bonchev–Trinajstić information content (AvgIpc) is 2.48. The van der Waals surface area contributed by atoms with Gasteiger partial charge in [0.2, 0.25) is 0 Å². The van der Waals surface area contributed by atoms with Crippen LogP contribution in [0.15, 0.2) is 30.3 Å². The number of hydrogen-bond donors (Lipinski definition) is 0. The van der Waals surface area contributed by atoms with Crippen molar-refractivity contribution in [3.05, 3.63) is 35.9 Å². The van der Waals surface area contributed by atoms with E-state index in [4.69, 9.17) is 4.74 Å². The minimum atomic E-state index is -0.287. The van der Waals surface area contributed by atoms with Crippen molar-refractivity contribution in [2.45, 2.75) is 58.5 Å². The van der Waals surface area contributed by atoms with Gasteiger partial charge in [0, 0.05) is 14.1 Å². The maximum absolute atomic E-state index is 10.7. The van der Waals surface area contributed by atoms with Gasteiger partial charge < -0.3 is 9.64 Å². The van der Waals surface area contributed by atoms with Gasteiger partial charge in [-0.05, 0) is 37.7 Å². The maximum Gasteiger partial charge on any atom is 0.409 e. The first-order chi connectivity index (χ1) is 10.4. The van der Waals surface area contributed by atoms with Crippen LogP contribution in [-0.2, 0) is 4.74 Å². The Bertz CT molecular complexity index is 428. The van der Waals surface area contributed by atoms with Gasteiger partial charge in [0.05, 0.1) is 6.10 Å². The van der Waals surface area contributed by atoms with Gasteiger partial charge >= 0.3 is 6.09 Å². The Labute approximate surface area is 135 Å². The van der Waals surface area contributed by atoms with E-state index in [0.717, 1.165) is 11.8 Å². The van der Waals surface area contributed by atoms with Crippen molar-refractivity contribution in [1.82, 2.24) is 4.90 Å². The Morgan fingerprint density at radius 2 is 1.73 bits per heavy atom. The molecule has 0 aromatic heterocycles. The third-order valence-electron chi connectivity index (χ3n) is 4.04. The van der Waals surface area contributed by atoms with Crippen molar-refractivity contribution in [2.75, 3.05) is 14.1 Å². The van der Waals surface area contributed by atoms with Crippen molar-refractivity contribution < 1.29 is 9.53 Å². The van der Waals surface area contributed by atoms with Crippen LogP contribution < -0.4 is 0 Å². The molecule has 2 rings (SSSR count). The van der Waals surface area contributed by atoms with Crippen LogP contribution in [-0.4, -0.2) is 31.2 Å². The predicted octanol–water partition coefficient (Wildman–Crippen LogP) is 5.07. The van der Waals surface area contributed by atoms with Gasteiger partial charge in [0.15, 0.2) is 0 Å². The summed E-state index contributed by atoms with van der Waals surface area (Å²) in [6.45, 7) is 6.04. The van der Waals surface area contributed by atoms with Crippen LogP contribution in [0.2, 0.25) is 0 Å². The fourth-order valence-electron chi connectivity index (χ4n) is 2.82. The molecule has 0 spiro atoms. The van der Waals surface area contributed by atoms with E-state index in [1.54, 1.807) is 19.7 Å². The molecule has 2 unspecified atom stereocenters. The van der Waals surface area contributed by atoms with Gasteiger partial charge in [-0.2, -0.15) is 0 Å². The van der Waals surface area contributed by atoms with E-state index < -0.39 is 0 Å². The number of nitrogens with zero attached hydrogens (tertiary/aromatic N) is 1. The number of ether oxygens (including phenoxy) is 1. The minimum absolute atomic E-state index is 0.0279. The van der Waals surface area contributed by atoms with Crippen molar-refractivity contribution in [3.63, 3.8) is 0 Å². The lowest BCUT2D eigenvalue weighted by Gasteiger charge is -2.29. The zero-order chi connectivity index (χ0) is 16.5. The molecule has 3 heteroatoms. The quantitative estimate of drug-likeness (QED) is 0.763. The number of benzene rings is 1. The molecule has 0 aliphatic heterocycles. The van der Waals surface area contributed by atoms with E-state index in [0.29, 0.717) is 0 Å². The Morgan fingerprint density at radius 1 is 1.14 bits per heavy atom. The monoisotopic (exact) mass is 305 g/mol. The highest BCUT2D eigenvalue weighted by molar-refractivity contribution is 5.66. The first kappa shape index (κ1) is 18.5. The summed E-state index contributed by atoms with van der Waals surface area (Å²) in [7, 11) is 3.31. The predicted molar refractivity (Wildman–Crippen MR) is 92.1 cm³/mol. The molecule has 124 valence electrons. The van der Waals surface area contributed by atoms with Gasteiger partial charge in [0.1, 0.15) is 0 Å². The van der Waals surface area contributed by atoms with E-state index in [2.05, 4.69) is 37.3 Å². The lowest BCUT2D eigenvalue weighted by atomic mass is 9.76. The van der Waals surface area contributed by atoms with Gasteiger partial charge in [-0.1, -0.05) is 56.5 Å². The first-order valence-electron chi connectivity index (χ1n) is 8.34. The summed E-state index contributed by atoms with van der Waals surface area (Å²) in [4.78, 5) is 12.1. The molecule has 1 aliphatic carbocycles. The van der Waals surface area contributed by atoms with Gasteiger partial charge in [-0.25, -0.2) is 4.79 Å². The van der Waals surface area contributed by atoms with E-state index in [-0.39, 0.29) is 12.2 Å². The Kier molecular flexibility index (Phi) is 8.00. The van der Waals surface area contributed by atoms with Crippen LogP contribution in [0.1, 0.15) is 57.9 Å². The van der Waals surface area contributed by atoms with Crippen molar-refractivity contribution in [1.29, 1.82) is 0 Å². The molecule has 1 amide bonds. The molecule has 0 heterocycles. The fourth-order valence-corrected chi connectivity index (χ4v) is 2.82. The number of carbonyl (C=O) groups excluding carboxylic acids is 1. The van der Waals surface area contributed by atoms with Crippen LogP contribution in [0.25, 0.3) is 0 Å². The second-order valence-electron chi connectivity index (χ2n) is 6.61.